The van der Waals surface area contributed by atoms with Gasteiger partial charge in [0.2, 0.25) is 0 Å². The summed E-state index contributed by atoms with van der Waals surface area (Å²) in [4.78, 5) is 6.79. The lowest BCUT2D eigenvalue weighted by atomic mass is 10.2. The summed E-state index contributed by atoms with van der Waals surface area (Å²) in [6.07, 6.45) is 0. The van der Waals surface area contributed by atoms with E-state index in [9.17, 15) is 0 Å². The zero-order chi connectivity index (χ0) is 9.26. The molecule has 0 saturated carbocycles. The van der Waals surface area contributed by atoms with E-state index < -0.39 is 0 Å². The number of halogens is 1. The van der Waals surface area contributed by atoms with Crippen molar-refractivity contribution in [3.8, 4) is 0 Å². The van der Waals surface area contributed by atoms with Gasteiger partial charge in [-0.2, -0.15) is 0 Å². The first-order valence-electron chi connectivity index (χ1n) is 3.99. The topological polar surface area (TPSA) is 38.1 Å². The third kappa shape index (κ3) is 1.66. The highest BCUT2D eigenvalue weighted by Gasteiger charge is 2.02. The van der Waals surface area contributed by atoms with Crippen molar-refractivity contribution in [1.29, 1.82) is 0 Å². The van der Waals surface area contributed by atoms with E-state index in [0.29, 0.717) is 12.4 Å². The number of hydrogen-bond acceptors (Lipinski definition) is 3. The lowest BCUT2D eigenvalue weighted by Crippen LogP contribution is -1.97. The number of aryl methyl sites for hydroxylation is 1. The number of aromatic nitrogens is 1. The first kappa shape index (κ1) is 8.53. The summed E-state index contributed by atoms with van der Waals surface area (Å²) in [5, 5.41) is 0. The largest absolute Gasteiger partial charge is 0.441 e. The molecule has 0 aliphatic rings. The number of hydrogen-bond donors (Lipinski definition) is 1. The van der Waals surface area contributed by atoms with Gasteiger partial charge in [0, 0.05) is 13.5 Å². The Bertz CT molecular complexity index is 424. The fourth-order valence-electron chi connectivity index (χ4n) is 1.28. The van der Waals surface area contributed by atoms with E-state index in [-0.39, 0.29) is 0 Å². The van der Waals surface area contributed by atoms with Gasteiger partial charge in [0.05, 0.1) is 0 Å². The Labute approximate surface area is 80.8 Å². The molecule has 0 saturated heterocycles. The molecular formula is C9H9ClN2O. The standard InChI is InChI=1S/C9H9ClN2O/c1-6-12-8-4-7(5-11-10)2-3-9(8)13-6/h2-4,11H,5H2,1H3. The molecule has 2 aromatic rings. The van der Waals surface area contributed by atoms with Crippen LogP contribution < -0.4 is 4.84 Å². The Hall–Kier alpha value is -1.06. The van der Waals surface area contributed by atoms with Crippen molar-refractivity contribution in [2.75, 3.05) is 0 Å². The molecule has 1 aromatic heterocycles. The quantitative estimate of drug-likeness (QED) is 0.750. The number of fused-ring (bicyclic) bond motifs is 1. The summed E-state index contributed by atoms with van der Waals surface area (Å²) in [5.41, 5.74) is 2.79. The molecule has 0 fully saturated rings. The second-order valence-electron chi connectivity index (χ2n) is 2.85. The van der Waals surface area contributed by atoms with Gasteiger partial charge in [-0.3, -0.25) is 0 Å². The van der Waals surface area contributed by atoms with Crippen molar-refractivity contribution in [3.63, 3.8) is 0 Å². The van der Waals surface area contributed by atoms with Crippen LogP contribution in [0.5, 0.6) is 0 Å². The van der Waals surface area contributed by atoms with E-state index in [2.05, 4.69) is 9.82 Å². The van der Waals surface area contributed by atoms with Gasteiger partial charge in [-0.15, -0.1) is 0 Å². The molecule has 1 aromatic carbocycles. The Morgan fingerprint density at radius 2 is 2.38 bits per heavy atom. The van der Waals surface area contributed by atoms with E-state index in [4.69, 9.17) is 16.2 Å². The van der Waals surface area contributed by atoms with Crippen LogP contribution in [0.25, 0.3) is 11.1 Å². The first-order valence-corrected chi connectivity index (χ1v) is 4.37. The summed E-state index contributed by atoms with van der Waals surface area (Å²) >= 11 is 5.40. The molecular weight excluding hydrogens is 188 g/mol. The van der Waals surface area contributed by atoms with Gasteiger partial charge in [-0.1, -0.05) is 6.07 Å². The third-order valence-electron chi connectivity index (χ3n) is 1.83. The smallest absolute Gasteiger partial charge is 0.192 e. The van der Waals surface area contributed by atoms with Gasteiger partial charge < -0.3 is 4.42 Å². The number of benzene rings is 1. The van der Waals surface area contributed by atoms with Gasteiger partial charge in [0.15, 0.2) is 11.5 Å². The van der Waals surface area contributed by atoms with Crippen LogP contribution in [-0.2, 0) is 6.54 Å². The van der Waals surface area contributed by atoms with Crippen molar-refractivity contribution in [1.82, 2.24) is 9.82 Å². The summed E-state index contributed by atoms with van der Waals surface area (Å²) in [6.45, 7) is 2.46. The van der Waals surface area contributed by atoms with Gasteiger partial charge in [0.1, 0.15) is 5.52 Å². The van der Waals surface area contributed by atoms with E-state index in [1.54, 1.807) is 0 Å². The molecule has 0 bridgehead atoms. The Balaban J connectivity index is 2.48. The van der Waals surface area contributed by atoms with Crippen LogP contribution in [0.1, 0.15) is 11.5 Å². The molecule has 4 heteroatoms. The fourth-order valence-corrected chi connectivity index (χ4v) is 1.43. The molecule has 0 amide bonds. The van der Waals surface area contributed by atoms with E-state index >= 15 is 0 Å². The summed E-state index contributed by atoms with van der Waals surface area (Å²) in [6, 6.07) is 5.82. The Morgan fingerprint density at radius 1 is 1.54 bits per heavy atom. The van der Waals surface area contributed by atoms with Gasteiger partial charge in [-0.25, -0.2) is 9.82 Å². The summed E-state index contributed by atoms with van der Waals surface area (Å²) in [7, 11) is 0. The second kappa shape index (κ2) is 3.36. The highest BCUT2D eigenvalue weighted by molar-refractivity contribution is 6.13. The Kier molecular flexibility index (Phi) is 2.20. The number of nitrogens with zero attached hydrogens (tertiary/aromatic N) is 1. The van der Waals surface area contributed by atoms with Crippen LogP contribution in [0.15, 0.2) is 22.6 Å². The lowest BCUT2D eigenvalue weighted by molar-refractivity contribution is 0.561. The number of nitrogens with one attached hydrogen (secondary N) is 1. The van der Waals surface area contributed by atoms with Crippen LogP contribution in [0.2, 0.25) is 0 Å². The van der Waals surface area contributed by atoms with E-state index in [1.807, 2.05) is 25.1 Å². The minimum atomic E-state index is 0.628. The third-order valence-corrected chi connectivity index (χ3v) is 1.96. The fraction of sp³-hybridized carbons (Fsp3) is 0.222. The van der Waals surface area contributed by atoms with Crippen molar-refractivity contribution in [2.24, 2.45) is 0 Å². The van der Waals surface area contributed by atoms with E-state index in [0.717, 1.165) is 16.7 Å². The van der Waals surface area contributed by atoms with Crippen LogP contribution in [0.4, 0.5) is 0 Å². The van der Waals surface area contributed by atoms with Crippen LogP contribution in [0, 0.1) is 6.92 Å². The monoisotopic (exact) mass is 196 g/mol. The molecule has 1 heterocycles. The maximum atomic E-state index is 5.40. The Morgan fingerprint density at radius 3 is 3.15 bits per heavy atom. The maximum Gasteiger partial charge on any atom is 0.192 e. The van der Waals surface area contributed by atoms with Crippen molar-refractivity contribution < 1.29 is 4.42 Å². The average molecular weight is 197 g/mol. The molecule has 0 aliphatic carbocycles. The molecule has 68 valence electrons. The lowest BCUT2D eigenvalue weighted by Gasteiger charge is -1.95. The predicted octanol–water partition coefficient (Wildman–Crippen LogP) is 2.38. The van der Waals surface area contributed by atoms with E-state index in [1.165, 1.54) is 0 Å². The summed E-state index contributed by atoms with van der Waals surface area (Å²) in [5.74, 6) is 0.686. The van der Waals surface area contributed by atoms with Gasteiger partial charge in [-0.05, 0) is 29.5 Å². The zero-order valence-electron chi connectivity index (χ0n) is 7.17. The van der Waals surface area contributed by atoms with Gasteiger partial charge >= 0.3 is 0 Å². The minimum absolute atomic E-state index is 0.628. The molecule has 13 heavy (non-hydrogen) atoms. The number of oxazole rings is 1. The van der Waals surface area contributed by atoms with Crippen molar-refractivity contribution >= 4 is 22.9 Å². The zero-order valence-corrected chi connectivity index (χ0v) is 7.93. The average Bonchev–Trinajstić information content (AvgIpc) is 2.44. The van der Waals surface area contributed by atoms with Crippen molar-refractivity contribution in [2.45, 2.75) is 13.5 Å². The molecule has 0 atom stereocenters. The van der Waals surface area contributed by atoms with Crippen molar-refractivity contribution in [3.05, 3.63) is 29.7 Å². The van der Waals surface area contributed by atoms with Crippen LogP contribution in [-0.4, -0.2) is 4.98 Å². The SMILES string of the molecule is Cc1nc2cc(CNCl)ccc2o1. The minimum Gasteiger partial charge on any atom is -0.441 e. The molecule has 2 rings (SSSR count). The molecule has 3 nitrogen and oxygen atoms in total. The molecule has 0 unspecified atom stereocenters. The maximum absolute atomic E-state index is 5.40. The molecule has 0 aliphatic heterocycles. The first-order chi connectivity index (χ1) is 6.29. The molecule has 0 radical (unpaired) electrons. The highest BCUT2D eigenvalue weighted by Crippen LogP contribution is 2.16. The summed E-state index contributed by atoms with van der Waals surface area (Å²) < 4.78 is 5.34. The van der Waals surface area contributed by atoms with Crippen LogP contribution >= 0.6 is 11.8 Å². The molecule has 0 spiro atoms. The predicted molar refractivity (Wildman–Crippen MR) is 51.4 cm³/mol. The molecule has 1 N–H and O–H groups in total. The normalized spacial score (nSPS) is 10.9. The van der Waals surface area contributed by atoms with Gasteiger partial charge in [0.25, 0.3) is 0 Å². The van der Waals surface area contributed by atoms with Crippen LogP contribution in [0.3, 0.4) is 0 Å². The number of rotatable bonds is 2. The second-order valence-corrected chi connectivity index (χ2v) is 3.11. The highest BCUT2D eigenvalue weighted by atomic mass is 35.5.